The molecule has 1 aromatic carbocycles. The molecule has 0 bridgehead atoms. The van der Waals surface area contributed by atoms with E-state index in [1.807, 2.05) is 24.3 Å². The quantitative estimate of drug-likeness (QED) is 0.470. The van der Waals surface area contributed by atoms with Crippen LogP contribution in [0.2, 0.25) is 0 Å². The standard InChI is InChI=1S/C7H7NOS.C3H8O3S.Na.H/c9-10-7-4-2-1-3-6(7)5-8-10;1-2-3-7(4,5)6;;/h1-4,8H,5H2;2-3H2,1H3,(H,4,5,6);;. The smallest absolute Gasteiger partial charge is 0.178 e. The van der Waals surface area contributed by atoms with Crippen LogP contribution in [0.1, 0.15) is 18.9 Å². The Morgan fingerprint density at radius 2 is 2.06 bits per heavy atom. The fourth-order valence-electron chi connectivity index (χ4n) is 1.31. The van der Waals surface area contributed by atoms with Crippen molar-refractivity contribution in [3.05, 3.63) is 29.8 Å². The summed E-state index contributed by atoms with van der Waals surface area (Å²) in [7, 11) is -3.67. The van der Waals surface area contributed by atoms with Crippen molar-refractivity contribution in [2.24, 2.45) is 0 Å². The van der Waals surface area contributed by atoms with Crippen molar-refractivity contribution in [2.45, 2.75) is 24.8 Å². The third-order valence-corrected chi connectivity index (χ3v) is 4.16. The monoisotopic (exact) mass is 301 g/mol. The molecule has 2 N–H and O–H groups in total. The number of rotatable bonds is 2. The Balaban J connectivity index is 0.000000326. The SMILES string of the molecule is CCCS(=O)(=O)O.[NaH].[O-][S+]1NCc2ccccc21. The van der Waals surface area contributed by atoms with E-state index in [1.165, 1.54) is 0 Å². The average molecular weight is 301 g/mol. The summed E-state index contributed by atoms with van der Waals surface area (Å²) in [6, 6.07) is 7.76. The van der Waals surface area contributed by atoms with E-state index in [9.17, 15) is 13.0 Å². The molecule has 0 saturated heterocycles. The zero-order chi connectivity index (χ0) is 12.9. The van der Waals surface area contributed by atoms with E-state index in [0.717, 1.165) is 17.0 Å². The molecule has 1 aromatic rings. The van der Waals surface area contributed by atoms with Gasteiger partial charge in [-0.3, -0.25) is 4.55 Å². The summed E-state index contributed by atoms with van der Waals surface area (Å²) in [6.07, 6.45) is 0.471. The van der Waals surface area contributed by atoms with Crippen molar-refractivity contribution in [2.75, 3.05) is 5.75 Å². The minimum absolute atomic E-state index is 0. The van der Waals surface area contributed by atoms with Crippen LogP contribution in [0.25, 0.3) is 0 Å². The number of fused-ring (bicyclic) bond motifs is 1. The second-order valence-electron chi connectivity index (χ2n) is 3.48. The predicted molar refractivity (Wildman–Crippen MR) is 73.5 cm³/mol. The maximum absolute atomic E-state index is 11.1. The van der Waals surface area contributed by atoms with Gasteiger partial charge in [-0.1, -0.05) is 25.1 Å². The van der Waals surface area contributed by atoms with Gasteiger partial charge >= 0.3 is 29.6 Å². The van der Waals surface area contributed by atoms with Gasteiger partial charge in [-0.15, -0.1) is 4.72 Å². The molecule has 1 aliphatic rings. The van der Waals surface area contributed by atoms with Crippen LogP contribution in [0.3, 0.4) is 0 Å². The van der Waals surface area contributed by atoms with Crippen LogP contribution in [-0.2, 0) is 28.0 Å². The molecule has 98 valence electrons. The molecule has 1 heterocycles. The van der Waals surface area contributed by atoms with E-state index in [-0.39, 0.29) is 35.3 Å². The normalized spacial score (nSPS) is 17.2. The van der Waals surface area contributed by atoms with E-state index in [1.54, 1.807) is 6.92 Å². The van der Waals surface area contributed by atoms with Crippen molar-refractivity contribution < 1.29 is 17.5 Å². The minimum Gasteiger partial charge on any atom is -0.593 e. The Hall–Kier alpha value is 0.400. The molecule has 2 rings (SSSR count). The van der Waals surface area contributed by atoms with E-state index < -0.39 is 21.5 Å². The predicted octanol–water partition coefficient (Wildman–Crippen LogP) is 0.448. The zero-order valence-corrected chi connectivity index (χ0v) is 11.1. The molecule has 0 aliphatic carbocycles. The second-order valence-corrected chi connectivity index (χ2v) is 6.32. The van der Waals surface area contributed by atoms with Gasteiger partial charge in [0.15, 0.2) is 4.90 Å². The van der Waals surface area contributed by atoms with Gasteiger partial charge in [0, 0.05) is 5.56 Å². The number of hydrogen-bond donors (Lipinski definition) is 2. The zero-order valence-electron chi connectivity index (χ0n) is 9.42. The van der Waals surface area contributed by atoms with E-state index in [2.05, 4.69) is 4.72 Å². The Labute approximate surface area is 133 Å². The maximum atomic E-state index is 11.1. The first kappa shape index (κ1) is 18.4. The van der Waals surface area contributed by atoms with Gasteiger partial charge in [0.25, 0.3) is 10.1 Å². The van der Waals surface area contributed by atoms with Gasteiger partial charge < -0.3 is 4.55 Å². The van der Waals surface area contributed by atoms with Gasteiger partial charge in [-0.25, -0.2) is 0 Å². The summed E-state index contributed by atoms with van der Waals surface area (Å²) < 4.78 is 41.5. The van der Waals surface area contributed by atoms with Gasteiger partial charge in [0.2, 0.25) is 0 Å². The summed E-state index contributed by atoms with van der Waals surface area (Å²) in [5, 5.41) is 0. The molecule has 1 aliphatic heterocycles. The van der Waals surface area contributed by atoms with Crippen LogP contribution < -0.4 is 4.72 Å². The Kier molecular flexibility index (Phi) is 8.74. The largest absolute Gasteiger partial charge is 0.593 e. The first-order chi connectivity index (χ1) is 7.94. The minimum atomic E-state index is -3.67. The molecule has 8 heteroatoms. The van der Waals surface area contributed by atoms with Crippen molar-refractivity contribution >= 4 is 51.0 Å². The van der Waals surface area contributed by atoms with Gasteiger partial charge in [0.05, 0.1) is 23.7 Å². The van der Waals surface area contributed by atoms with Crippen LogP contribution in [-0.4, -0.2) is 52.8 Å². The van der Waals surface area contributed by atoms with Crippen molar-refractivity contribution in [1.82, 2.24) is 4.72 Å². The molecule has 0 amide bonds. The van der Waals surface area contributed by atoms with Gasteiger partial charge in [-0.2, -0.15) is 8.42 Å². The summed E-state index contributed by atoms with van der Waals surface area (Å²) in [5.41, 5.74) is 1.15. The average Bonchev–Trinajstić information content (AvgIpc) is 2.61. The summed E-state index contributed by atoms with van der Waals surface area (Å²) in [5.74, 6) is -0.132. The van der Waals surface area contributed by atoms with Gasteiger partial charge in [0.1, 0.15) is 0 Å². The number of nitrogens with one attached hydrogen (secondary N) is 1. The third-order valence-electron chi connectivity index (χ3n) is 2.03. The molecule has 1 atom stereocenters. The Morgan fingerprint density at radius 1 is 1.44 bits per heavy atom. The fourth-order valence-corrected chi connectivity index (χ4v) is 2.85. The van der Waals surface area contributed by atoms with Gasteiger partial charge in [-0.05, 0) is 12.5 Å². The molecular formula is C10H16NNaO4S2. The Bertz CT molecular complexity index is 467. The van der Waals surface area contributed by atoms with Crippen LogP contribution in [0.5, 0.6) is 0 Å². The summed E-state index contributed by atoms with van der Waals surface area (Å²) in [6.45, 7) is 2.43. The first-order valence-corrected chi connectivity index (χ1v) is 7.88. The second kappa shape index (κ2) is 8.55. The third kappa shape index (κ3) is 6.53. The molecule has 0 fully saturated rings. The Morgan fingerprint density at radius 3 is 2.50 bits per heavy atom. The van der Waals surface area contributed by atoms with E-state index >= 15 is 0 Å². The van der Waals surface area contributed by atoms with E-state index in [4.69, 9.17) is 4.55 Å². The molecule has 0 radical (unpaired) electrons. The first-order valence-electron chi connectivity index (χ1n) is 5.12. The summed E-state index contributed by atoms with van der Waals surface area (Å²) in [4.78, 5) is 0.933. The van der Waals surface area contributed by atoms with Crippen molar-refractivity contribution in [1.29, 1.82) is 0 Å². The van der Waals surface area contributed by atoms with Crippen LogP contribution in [0, 0.1) is 0 Å². The molecule has 1 unspecified atom stereocenters. The molecule has 0 spiro atoms. The van der Waals surface area contributed by atoms with Crippen molar-refractivity contribution in [3.8, 4) is 0 Å². The van der Waals surface area contributed by atoms with Crippen LogP contribution in [0.15, 0.2) is 29.2 Å². The number of benzene rings is 1. The number of hydrogen-bond acceptors (Lipinski definition) is 4. The maximum Gasteiger partial charge on any atom is 0.178 e. The molecule has 5 nitrogen and oxygen atoms in total. The van der Waals surface area contributed by atoms with Crippen molar-refractivity contribution in [3.63, 3.8) is 0 Å². The summed E-state index contributed by atoms with van der Waals surface area (Å²) >= 11 is -0.948. The topological polar surface area (TPSA) is 89.5 Å². The molecule has 0 saturated carbocycles. The van der Waals surface area contributed by atoms with Crippen LogP contribution in [0.4, 0.5) is 0 Å². The van der Waals surface area contributed by atoms with Crippen LogP contribution >= 0.6 is 0 Å². The fraction of sp³-hybridized carbons (Fsp3) is 0.400. The molecule has 18 heavy (non-hydrogen) atoms. The molecular weight excluding hydrogens is 285 g/mol. The van der Waals surface area contributed by atoms with E-state index in [0.29, 0.717) is 6.42 Å². The molecule has 0 aromatic heterocycles.